The first-order valence-corrected chi connectivity index (χ1v) is 7.28. The van der Waals surface area contributed by atoms with Crippen LogP contribution in [0.3, 0.4) is 0 Å². The SMILES string of the molecule is CC(=O)NCCc1ccc(CN2CCCCC2)cc1. The van der Waals surface area contributed by atoms with Gasteiger partial charge in [-0.15, -0.1) is 0 Å². The second-order valence-electron chi connectivity index (χ2n) is 5.39. The molecule has 0 bridgehead atoms. The summed E-state index contributed by atoms with van der Waals surface area (Å²) in [6.45, 7) is 5.84. The minimum atomic E-state index is 0.0433. The quantitative estimate of drug-likeness (QED) is 0.881. The van der Waals surface area contributed by atoms with Crippen molar-refractivity contribution in [2.24, 2.45) is 0 Å². The molecule has 1 aromatic carbocycles. The monoisotopic (exact) mass is 260 g/mol. The van der Waals surface area contributed by atoms with Gasteiger partial charge in [-0.25, -0.2) is 0 Å². The van der Waals surface area contributed by atoms with Crippen LogP contribution < -0.4 is 5.32 Å². The maximum atomic E-state index is 10.8. The fourth-order valence-electron chi connectivity index (χ4n) is 2.57. The zero-order chi connectivity index (χ0) is 13.5. The number of amides is 1. The number of piperidine rings is 1. The Bertz CT molecular complexity index is 394. The lowest BCUT2D eigenvalue weighted by atomic mass is 10.1. The van der Waals surface area contributed by atoms with Crippen molar-refractivity contribution in [3.05, 3.63) is 35.4 Å². The zero-order valence-corrected chi connectivity index (χ0v) is 11.8. The summed E-state index contributed by atoms with van der Waals surface area (Å²) in [5.41, 5.74) is 2.68. The lowest BCUT2D eigenvalue weighted by Crippen LogP contribution is -2.29. The van der Waals surface area contributed by atoms with Crippen LogP contribution in [0.1, 0.15) is 37.3 Å². The molecule has 0 radical (unpaired) electrons. The second kappa shape index (κ2) is 7.29. The highest BCUT2D eigenvalue weighted by Crippen LogP contribution is 2.13. The lowest BCUT2D eigenvalue weighted by molar-refractivity contribution is -0.118. The molecule has 1 amide bonds. The maximum Gasteiger partial charge on any atom is 0.216 e. The Hall–Kier alpha value is -1.35. The highest BCUT2D eigenvalue weighted by atomic mass is 16.1. The van der Waals surface area contributed by atoms with Gasteiger partial charge in [0, 0.05) is 20.0 Å². The predicted molar refractivity (Wildman–Crippen MR) is 78.0 cm³/mol. The molecule has 1 aliphatic rings. The third-order valence-corrected chi connectivity index (χ3v) is 3.67. The van der Waals surface area contributed by atoms with Crippen molar-refractivity contribution < 1.29 is 4.79 Å². The van der Waals surface area contributed by atoms with Crippen LogP contribution in [0.2, 0.25) is 0 Å². The van der Waals surface area contributed by atoms with Crippen LogP contribution in [0.25, 0.3) is 0 Å². The van der Waals surface area contributed by atoms with E-state index < -0.39 is 0 Å². The molecule has 104 valence electrons. The van der Waals surface area contributed by atoms with Gasteiger partial charge in [0.2, 0.25) is 5.91 Å². The van der Waals surface area contributed by atoms with E-state index in [1.807, 2.05) is 0 Å². The van der Waals surface area contributed by atoms with Gasteiger partial charge in [0.25, 0.3) is 0 Å². The highest BCUT2D eigenvalue weighted by Gasteiger charge is 2.09. The number of carbonyl (C=O) groups excluding carboxylic acids is 1. The van der Waals surface area contributed by atoms with Gasteiger partial charge >= 0.3 is 0 Å². The first-order valence-electron chi connectivity index (χ1n) is 7.28. The van der Waals surface area contributed by atoms with Crippen LogP contribution in [0.15, 0.2) is 24.3 Å². The maximum absolute atomic E-state index is 10.8. The number of benzene rings is 1. The molecular formula is C16H24N2O. The smallest absolute Gasteiger partial charge is 0.216 e. The van der Waals surface area contributed by atoms with E-state index >= 15 is 0 Å². The minimum Gasteiger partial charge on any atom is -0.356 e. The van der Waals surface area contributed by atoms with Crippen molar-refractivity contribution in [1.82, 2.24) is 10.2 Å². The van der Waals surface area contributed by atoms with Crippen LogP contribution in [0, 0.1) is 0 Å². The summed E-state index contributed by atoms with van der Waals surface area (Å²) in [5, 5.41) is 2.83. The van der Waals surface area contributed by atoms with Crippen LogP contribution in [0.5, 0.6) is 0 Å². The molecule has 0 saturated carbocycles. The van der Waals surface area contributed by atoms with E-state index in [-0.39, 0.29) is 5.91 Å². The molecule has 3 nitrogen and oxygen atoms in total. The molecule has 1 saturated heterocycles. The fraction of sp³-hybridized carbons (Fsp3) is 0.562. The Morgan fingerprint density at radius 2 is 1.74 bits per heavy atom. The molecule has 2 rings (SSSR count). The van der Waals surface area contributed by atoms with Crippen molar-refractivity contribution in [3.8, 4) is 0 Å². The van der Waals surface area contributed by atoms with E-state index in [4.69, 9.17) is 0 Å². The zero-order valence-electron chi connectivity index (χ0n) is 11.8. The molecule has 0 atom stereocenters. The highest BCUT2D eigenvalue weighted by molar-refractivity contribution is 5.72. The Morgan fingerprint density at radius 1 is 1.11 bits per heavy atom. The minimum absolute atomic E-state index is 0.0433. The van der Waals surface area contributed by atoms with Gasteiger partial charge < -0.3 is 5.32 Å². The van der Waals surface area contributed by atoms with Crippen LogP contribution in [-0.4, -0.2) is 30.4 Å². The summed E-state index contributed by atoms with van der Waals surface area (Å²) in [6.07, 6.45) is 4.98. The molecular weight excluding hydrogens is 236 g/mol. The van der Waals surface area contributed by atoms with E-state index in [0.29, 0.717) is 0 Å². The van der Waals surface area contributed by atoms with Gasteiger partial charge in [-0.1, -0.05) is 30.7 Å². The van der Waals surface area contributed by atoms with Crippen LogP contribution in [0.4, 0.5) is 0 Å². The number of rotatable bonds is 5. The number of nitrogens with one attached hydrogen (secondary N) is 1. The molecule has 1 N–H and O–H groups in total. The predicted octanol–water partition coefficient (Wildman–Crippen LogP) is 2.35. The fourth-order valence-corrected chi connectivity index (χ4v) is 2.57. The standard InChI is InChI=1S/C16H24N2O/c1-14(19)17-10-9-15-5-7-16(8-6-15)13-18-11-3-2-4-12-18/h5-8H,2-4,9-13H2,1H3,(H,17,19). The van der Waals surface area contributed by atoms with Gasteiger partial charge in [0.1, 0.15) is 0 Å². The van der Waals surface area contributed by atoms with Crippen molar-refractivity contribution in [3.63, 3.8) is 0 Å². The van der Waals surface area contributed by atoms with Crippen molar-refractivity contribution in [1.29, 1.82) is 0 Å². The van der Waals surface area contributed by atoms with Gasteiger partial charge in [-0.2, -0.15) is 0 Å². The number of hydrogen-bond donors (Lipinski definition) is 1. The number of likely N-dealkylation sites (tertiary alicyclic amines) is 1. The van der Waals surface area contributed by atoms with Crippen LogP contribution in [-0.2, 0) is 17.8 Å². The largest absolute Gasteiger partial charge is 0.356 e. The third kappa shape index (κ3) is 5.03. The molecule has 0 unspecified atom stereocenters. The first-order chi connectivity index (χ1) is 9.24. The summed E-state index contributed by atoms with van der Waals surface area (Å²) in [6, 6.07) is 8.80. The molecule has 1 fully saturated rings. The Kier molecular flexibility index (Phi) is 5.40. The Labute approximate surface area is 116 Å². The van der Waals surface area contributed by atoms with Gasteiger partial charge in [-0.3, -0.25) is 9.69 Å². The van der Waals surface area contributed by atoms with Crippen LogP contribution >= 0.6 is 0 Å². The van der Waals surface area contributed by atoms with E-state index in [1.54, 1.807) is 6.92 Å². The van der Waals surface area contributed by atoms with Crippen molar-refractivity contribution in [2.75, 3.05) is 19.6 Å². The van der Waals surface area contributed by atoms with E-state index in [2.05, 4.69) is 34.5 Å². The molecule has 0 aliphatic carbocycles. The third-order valence-electron chi connectivity index (χ3n) is 3.67. The van der Waals surface area contributed by atoms with E-state index in [9.17, 15) is 4.79 Å². The number of hydrogen-bond acceptors (Lipinski definition) is 2. The number of carbonyl (C=O) groups is 1. The average molecular weight is 260 g/mol. The molecule has 0 spiro atoms. The molecule has 1 aliphatic heterocycles. The van der Waals surface area contributed by atoms with Crippen molar-refractivity contribution >= 4 is 5.91 Å². The summed E-state index contributed by atoms with van der Waals surface area (Å²) in [5.74, 6) is 0.0433. The topological polar surface area (TPSA) is 32.3 Å². The van der Waals surface area contributed by atoms with Gasteiger partial charge in [0.15, 0.2) is 0 Å². The lowest BCUT2D eigenvalue weighted by Gasteiger charge is -2.26. The first kappa shape index (κ1) is 14.1. The molecule has 19 heavy (non-hydrogen) atoms. The van der Waals surface area contributed by atoms with E-state index in [1.165, 1.54) is 43.5 Å². The molecule has 0 aromatic heterocycles. The molecule has 1 heterocycles. The van der Waals surface area contributed by atoms with Gasteiger partial charge in [0.05, 0.1) is 0 Å². The normalized spacial score (nSPS) is 16.3. The summed E-state index contributed by atoms with van der Waals surface area (Å²) < 4.78 is 0. The summed E-state index contributed by atoms with van der Waals surface area (Å²) >= 11 is 0. The average Bonchev–Trinajstić information content (AvgIpc) is 2.42. The van der Waals surface area contributed by atoms with E-state index in [0.717, 1.165) is 19.5 Å². The molecule has 3 heteroatoms. The van der Waals surface area contributed by atoms with Crippen molar-refractivity contribution in [2.45, 2.75) is 39.2 Å². The second-order valence-corrected chi connectivity index (χ2v) is 5.39. The van der Waals surface area contributed by atoms with Gasteiger partial charge in [-0.05, 0) is 43.5 Å². The summed E-state index contributed by atoms with van der Waals surface area (Å²) in [7, 11) is 0. The Morgan fingerprint density at radius 3 is 2.37 bits per heavy atom. The Balaban J connectivity index is 1.78. The number of nitrogens with zero attached hydrogens (tertiary/aromatic N) is 1. The summed E-state index contributed by atoms with van der Waals surface area (Å²) in [4.78, 5) is 13.3. The molecule has 1 aromatic rings.